The number of rotatable bonds is 4. The number of carbonyl (C=O) groups excluding carboxylic acids is 1. The van der Waals surface area contributed by atoms with Gasteiger partial charge in [-0.2, -0.15) is 5.10 Å². The van der Waals surface area contributed by atoms with Gasteiger partial charge in [-0.15, -0.1) is 0 Å². The van der Waals surface area contributed by atoms with Crippen molar-refractivity contribution in [3.8, 4) is 28.1 Å². The fourth-order valence-electron chi connectivity index (χ4n) is 2.66. The zero-order chi connectivity index (χ0) is 18.3. The van der Waals surface area contributed by atoms with E-state index in [-0.39, 0.29) is 17.6 Å². The largest absolute Gasteiger partial charge is 0.426 e. The maximum Gasteiger partial charge on any atom is 0.314 e. The molecule has 4 rings (SSSR count). The first-order chi connectivity index (χ1) is 12.5. The van der Waals surface area contributed by atoms with E-state index in [1.165, 1.54) is 16.9 Å². The number of hydrogen-bond donors (Lipinski definition) is 1. The van der Waals surface area contributed by atoms with Crippen LogP contribution in [0.2, 0.25) is 0 Å². The average molecular weight is 352 g/mol. The fourth-order valence-corrected chi connectivity index (χ4v) is 2.66. The van der Waals surface area contributed by atoms with E-state index in [1.54, 1.807) is 37.5 Å². The van der Waals surface area contributed by atoms with Gasteiger partial charge in [-0.1, -0.05) is 12.1 Å². The van der Waals surface area contributed by atoms with Gasteiger partial charge in [0.25, 0.3) is 0 Å². The van der Waals surface area contributed by atoms with E-state index in [2.05, 4.69) is 10.1 Å². The molecule has 0 unspecified atom stereocenters. The Balaban J connectivity index is 1.57. The minimum atomic E-state index is -0.480. The molecule has 2 aromatic heterocycles. The van der Waals surface area contributed by atoms with Crippen LogP contribution >= 0.6 is 0 Å². The van der Waals surface area contributed by atoms with Gasteiger partial charge in [0.15, 0.2) is 0 Å². The van der Waals surface area contributed by atoms with Crippen molar-refractivity contribution in [3.05, 3.63) is 48.5 Å². The lowest BCUT2D eigenvalue weighted by atomic mass is 10.1. The van der Waals surface area contributed by atoms with Gasteiger partial charge in [0.05, 0.1) is 17.7 Å². The number of nitrogens with two attached hydrogens (primary N) is 1. The highest BCUT2D eigenvalue weighted by atomic mass is 19.1. The molecule has 7 heteroatoms. The normalized spacial score (nSPS) is 13.6. The first-order valence-corrected chi connectivity index (χ1v) is 8.28. The summed E-state index contributed by atoms with van der Waals surface area (Å²) in [5.74, 6) is 0.209. The standard InChI is InChI=1S/C19H17FN4O2/c1-24-18(21)15(10-23-24)17-16(20)8-13(9-22-17)11-4-6-14(7-5-11)26-19(25)12-2-3-12/h4-10,12H,2-3,21H2,1H3. The molecule has 3 aromatic rings. The maximum atomic E-state index is 14.5. The summed E-state index contributed by atoms with van der Waals surface area (Å²) in [6.45, 7) is 0. The van der Waals surface area contributed by atoms with Crippen LogP contribution in [0.4, 0.5) is 10.2 Å². The molecule has 0 spiro atoms. The van der Waals surface area contributed by atoms with Crippen LogP contribution in [0, 0.1) is 11.7 Å². The van der Waals surface area contributed by atoms with Gasteiger partial charge < -0.3 is 10.5 Å². The lowest BCUT2D eigenvalue weighted by Crippen LogP contribution is -2.09. The third-order valence-corrected chi connectivity index (χ3v) is 4.40. The number of benzene rings is 1. The number of pyridine rings is 1. The lowest BCUT2D eigenvalue weighted by Gasteiger charge is -2.07. The van der Waals surface area contributed by atoms with Crippen LogP contribution in [-0.4, -0.2) is 20.7 Å². The molecule has 0 amide bonds. The summed E-state index contributed by atoms with van der Waals surface area (Å²) in [5, 5.41) is 4.01. The van der Waals surface area contributed by atoms with E-state index in [9.17, 15) is 9.18 Å². The Morgan fingerprint density at radius 3 is 2.54 bits per heavy atom. The quantitative estimate of drug-likeness (QED) is 0.576. The number of nitrogen functional groups attached to an aromatic ring is 1. The molecule has 0 saturated heterocycles. The van der Waals surface area contributed by atoms with Crippen molar-refractivity contribution in [2.75, 3.05) is 5.73 Å². The summed E-state index contributed by atoms with van der Waals surface area (Å²) < 4.78 is 21.3. The van der Waals surface area contributed by atoms with Crippen molar-refractivity contribution in [2.45, 2.75) is 12.8 Å². The predicted molar refractivity (Wildman–Crippen MR) is 94.6 cm³/mol. The third kappa shape index (κ3) is 3.03. The van der Waals surface area contributed by atoms with Gasteiger partial charge in [-0.3, -0.25) is 14.5 Å². The van der Waals surface area contributed by atoms with Gasteiger partial charge in [0, 0.05) is 18.8 Å². The number of halogens is 1. The molecule has 1 fully saturated rings. The number of carbonyl (C=O) groups is 1. The first kappa shape index (κ1) is 16.3. The molecular weight excluding hydrogens is 335 g/mol. The Bertz CT molecular complexity index is 978. The Labute approximate surface area is 149 Å². The summed E-state index contributed by atoms with van der Waals surface area (Å²) in [6, 6.07) is 8.33. The van der Waals surface area contributed by atoms with Gasteiger partial charge >= 0.3 is 5.97 Å². The zero-order valence-corrected chi connectivity index (χ0v) is 14.1. The highest BCUT2D eigenvalue weighted by Crippen LogP contribution is 2.32. The minimum Gasteiger partial charge on any atom is -0.426 e. The fraction of sp³-hybridized carbons (Fsp3) is 0.211. The van der Waals surface area contributed by atoms with Crippen molar-refractivity contribution < 1.29 is 13.9 Å². The monoisotopic (exact) mass is 352 g/mol. The average Bonchev–Trinajstić information content (AvgIpc) is 3.43. The maximum absolute atomic E-state index is 14.5. The molecule has 0 atom stereocenters. The van der Waals surface area contributed by atoms with E-state index in [0.29, 0.717) is 22.7 Å². The molecule has 1 saturated carbocycles. The molecule has 132 valence electrons. The molecule has 6 nitrogen and oxygen atoms in total. The summed E-state index contributed by atoms with van der Waals surface area (Å²) in [6.07, 6.45) is 4.87. The second-order valence-corrected chi connectivity index (χ2v) is 6.34. The molecule has 0 radical (unpaired) electrons. The molecular formula is C19H17FN4O2. The molecule has 0 aliphatic heterocycles. The molecule has 0 bridgehead atoms. The van der Waals surface area contributed by atoms with Gasteiger partial charge in [-0.05, 0) is 36.6 Å². The summed E-state index contributed by atoms with van der Waals surface area (Å²) >= 11 is 0. The SMILES string of the molecule is Cn1ncc(-c2ncc(-c3ccc(OC(=O)C4CC4)cc3)cc2F)c1N. The molecule has 1 aliphatic carbocycles. The Morgan fingerprint density at radius 1 is 1.23 bits per heavy atom. The van der Waals surface area contributed by atoms with E-state index in [1.807, 2.05) is 0 Å². The highest BCUT2D eigenvalue weighted by molar-refractivity contribution is 5.78. The van der Waals surface area contributed by atoms with Crippen LogP contribution < -0.4 is 10.5 Å². The number of nitrogens with zero attached hydrogens (tertiary/aromatic N) is 3. The van der Waals surface area contributed by atoms with Crippen molar-refractivity contribution in [3.63, 3.8) is 0 Å². The number of anilines is 1. The number of ether oxygens (including phenoxy) is 1. The van der Waals surface area contributed by atoms with Gasteiger partial charge in [0.1, 0.15) is 23.1 Å². The Hall–Kier alpha value is -3.22. The first-order valence-electron chi connectivity index (χ1n) is 8.28. The van der Waals surface area contributed by atoms with Gasteiger partial charge in [0.2, 0.25) is 0 Å². The summed E-state index contributed by atoms with van der Waals surface area (Å²) in [4.78, 5) is 15.9. The number of aromatic nitrogens is 3. The van der Waals surface area contributed by atoms with E-state index in [4.69, 9.17) is 10.5 Å². The smallest absolute Gasteiger partial charge is 0.314 e. The molecule has 1 aliphatic rings. The number of esters is 1. The predicted octanol–water partition coefficient (Wildman–Crippen LogP) is 3.19. The van der Waals surface area contributed by atoms with Crippen LogP contribution in [0.15, 0.2) is 42.7 Å². The molecule has 26 heavy (non-hydrogen) atoms. The van der Waals surface area contributed by atoms with Crippen LogP contribution in [0.1, 0.15) is 12.8 Å². The summed E-state index contributed by atoms with van der Waals surface area (Å²) in [7, 11) is 1.68. The van der Waals surface area contributed by atoms with Crippen molar-refractivity contribution in [1.82, 2.24) is 14.8 Å². The van der Waals surface area contributed by atoms with E-state index < -0.39 is 5.82 Å². The molecule has 1 aromatic carbocycles. The lowest BCUT2D eigenvalue weighted by molar-refractivity contribution is -0.135. The zero-order valence-electron chi connectivity index (χ0n) is 14.1. The topological polar surface area (TPSA) is 83.0 Å². The molecule has 2 heterocycles. The van der Waals surface area contributed by atoms with Crippen molar-refractivity contribution in [1.29, 1.82) is 0 Å². The Kier molecular flexibility index (Phi) is 3.91. The van der Waals surface area contributed by atoms with Crippen molar-refractivity contribution in [2.24, 2.45) is 13.0 Å². The molecule has 2 N–H and O–H groups in total. The van der Waals surface area contributed by atoms with Crippen LogP contribution in [0.3, 0.4) is 0 Å². The van der Waals surface area contributed by atoms with E-state index >= 15 is 0 Å². The van der Waals surface area contributed by atoms with Crippen LogP contribution in [0.5, 0.6) is 5.75 Å². The second-order valence-electron chi connectivity index (χ2n) is 6.34. The number of hydrogen-bond acceptors (Lipinski definition) is 5. The van der Waals surface area contributed by atoms with Crippen LogP contribution in [0.25, 0.3) is 22.4 Å². The summed E-state index contributed by atoms with van der Waals surface area (Å²) in [5.41, 5.74) is 7.90. The van der Waals surface area contributed by atoms with E-state index in [0.717, 1.165) is 18.4 Å². The highest BCUT2D eigenvalue weighted by Gasteiger charge is 2.31. The Morgan fingerprint density at radius 2 is 1.96 bits per heavy atom. The second kappa shape index (κ2) is 6.25. The van der Waals surface area contributed by atoms with Gasteiger partial charge in [-0.25, -0.2) is 4.39 Å². The minimum absolute atomic E-state index is 0.0421. The van der Waals surface area contributed by atoms with Crippen LogP contribution in [-0.2, 0) is 11.8 Å². The number of aryl methyl sites for hydroxylation is 1. The van der Waals surface area contributed by atoms with Crippen molar-refractivity contribution >= 4 is 11.8 Å². The third-order valence-electron chi connectivity index (χ3n) is 4.40.